The van der Waals surface area contributed by atoms with Crippen LogP contribution in [0.1, 0.15) is 19.8 Å². The first-order valence-corrected chi connectivity index (χ1v) is 6.68. The molecule has 0 radical (unpaired) electrons. The fourth-order valence-electron chi connectivity index (χ4n) is 1.30. The summed E-state index contributed by atoms with van der Waals surface area (Å²) in [7, 11) is 0. The summed E-state index contributed by atoms with van der Waals surface area (Å²) in [6, 6.07) is 7.81. The van der Waals surface area contributed by atoms with Crippen LogP contribution in [0.3, 0.4) is 0 Å². The number of hydrogen-bond acceptors (Lipinski definition) is 3. The minimum absolute atomic E-state index is 0.0315. The number of benzene rings is 1. The fourth-order valence-corrected chi connectivity index (χ4v) is 2.49. The maximum atomic E-state index is 9.00. The highest BCUT2D eigenvalue weighted by atomic mass is 35.5. The fraction of sp³-hybridized carbons (Fsp3) is 0.500. The van der Waals surface area contributed by atoms with Crippen LogP contribution in [0.15, 0.2) is 29.2 Å². The summed E-state index contributed by atoms with van der Waals surface area (Å²) >= 11 is 7.76. The Balaban J connectivity index is 2.29. The van der Waals surface area contributed by atoms with Crippen molar-refractivity contribution >= 4 is 23.4 Å². The van der Waals surface area contributed by atoms with Crippen LogP contribution in [0.25, 0.3) is 0 Å². The van der Waals surface area contributed by atoms with E-state index >= 15 is 0 Å². The highest BCUT2D eigenvalue weighted by Gasteiger charge is 2.15. The van der Waals surface area contributed by atoms with Crippen molar-refractivity contribution < 1.29 is 5.11 Å². The van der Waals surface area contributed by atoms with Crippen LogP contribution in [0.4, 0.5) is 0 Å². The molecule has 0 heterocycles. The van der Waals surface area contributed by atoms with Gasteiger partial charge in [0.05, 0.1) is 11.6 Å². The quantitative estimate of drug-likeness (QED) is 0.610. The zero-order valence-electron chi connectivity index (χ0n) is 9.45. The van der Waals surface area contributed by atoms with Gasteiger partial charge in [0, 0.05) is 10.4 Å². The molecule has 1 rings (SSSR count). The van der Waals surface area contributed by atoms with E-state index in [0.29, 0.717) is 0 Å². The Bertz CT molecular complexity index is 331. The molecule has 90 valence electrons. The van der Waals surface area contributed by atoms with Gasteiger partial charge in [-0.3, -0.25) is 0 Å². The molecule has 0 fully saturated rings. The van der Waals surface area contributed by atoms with Crippen LogP contribution >= 0.6 is 23.4 Å². The first-order chi connectivity index (χ1) is 7.55. The van der Waals surface area contributed by atoms with Crippen LogP contribution in [-0.2, 0) is 0 Å². The van der Waals surface area contributed by atoms with Crippen molar-refractivity contribution in [3.8, 4) is 0 Å². The van der Waals surface area contributed by atoms with Gasteiger partial charge in [-0.05, 0) is 37.7 Å². The lowest BCUT2D eigenvalue weighted by atomic mass is 9.99. The second kappa shape index (κ2) is 6.50. The SMILES string of the molecule is CC(N)(CO)CCCSc1ccccc1Cl. The summed E-state index contributed by atoms with van der Waals surface area (Å²) in [5.74, 6) is 0.969. The second-order valence-electron chi connectivity index (χ2n) is 4.19. The lowest BCUT2D eigenvalue weighted by Gasteiger charge is -2.21. The Kier molecular flexibility index (Phi) is 5.62. The topological polar surface area (TPSA) is 46.2 Å². The van der Waals surface area contributed by atoms with E-state index in [1.165, 1.54) is 0 Å². The molecule has 1 unspecified atom stereocenters. The maximum Gasteiger partial charge on any atom is 0.0608 e. The van der Waals surface area contributed by atoms with Gasteiger partial charge in [-0.25, -0.2) is 0 Å². The Labute approximate surface area is 106 Å². The van der Waals surface area contributed by atoms with Gasteiger partial charge in [-0.2, -0.15) is 0 Å². The lowest BCUT2D eigenvalue weighted by Crippen LogP contribution is -2.40. The van der Waals surface area contributed by atoms with Crippen molar-refractivity contribution in [2.75, 3.05) is 12.4 Å². The third kappa shape index (κ3) is 4.74. The largest absolute Gasteiger partial charge is 0.394 e. The van der Waals surface area contributed by atoms with E-state index < -0.39 is 5.54 Å². The van der Waals surface area contributed by atoms with E-state index in [-0.39, 0.29) is 6.61 Å². The summed E-state index contributed by atoms with van der Waals surface area (Å²) in [6.07, 6.45) is 1.80. The van der Waals surface area contributed by atoms with E-state index in [0.717, 1.165) is 28.5 Å². The van der Waals surface area contributed by atoms with E-state index in [1.54, 1.807) is 11.8 Å². The molecular weight excluding hydrogens is 242 g/mol. The van der Waals surface area contributed by atoms with Crippen molar-refractivity contribution in [3.63, 3.8) is 0 Å². The predicted molar refractivity (Wildman–Crippen MR) is 71.1 cm³/mol. The number of nitrogens with two attached hydrogens (primary N) is 1. The summed E-state index contributed by atoms with van der Waals surface area (Å²) in [5, 5.41) is 9.80. The highest BCUT2D eigenvalue weighted by molar-refractivity contribution is 7.99. The number of rotatable bonds is 6. The van der Waals surface area contributed by atoms with E-state index in [4.69, 9.17) is 22.4 Å². The number of hydrogen-bond donors (Lipinski definition) is 2. The molecule has 0 aliphatic rings. The van der Waals surface area contributed by atoms with Gasteiger partial charge in [0.2, 0.25) is 0 Å². The van der Waals surface area contributed by atoms with Crippen molar-refractivity contribution in [2.45, 2.75) is 30.2 Å². The summed E-state index contributed by atoms with van der Waals surface area (Å²) < 4.78 is 0. The van der Waals surface area contributed by atoms with Crippen LogP contribution < -0.4 is 5.73 Å². The van der Waals surface area contributed by atoms with Gasteiger partial charge < -0.3 is 10.8 Å². The van der Waals surface area contributed by atoms with Gasteiger partial charge in [0.1, 0.15) is 0 Å². The van der Waals surface area contributed by atoms with E-state index in [1.807, 2.05) is 31.2 Å². The average Bonchev–Trinajstić information content (AvgIpc) is 2.27. The van der Waals surface area contributed by atoms with Gasteiger partial charge in [0.25, 0.3) is 0 Å². The van der Waals surface area contributed by atoms with Gasteiger partial charge >= 0.3 is 0 Å². The number of aliphatic hydroxyl groups excluding tert-OH is 1. The Hall–Kier alpha value is -0.220. The molecule has 0 bridgehead atoms. The van der Waals surface area contributed by atoms with Crippen LogP contribution in [0.5, 0.6) is 0 Å². The monoisotopic (exact) mass is 259 g/mol. The molecule has 0 aliphatic carbocycles. The molecule has 1 atom stereocenters. The van der Waals surface area contributed by atoms with Crippen molar-refractivity contribution in [1.82, 2.24) is 0 Å². The molecule has 0 aliphatic heterocycles. The zero-order valence-corrected chi connectivity index (χ0v) is 11.0. The first-order valence-electron chi connectivity index (χ1n) is 5.32. The highest BCUT2D eigenvalue weighted by Crippen LogP contribution is 2.27. The standard InChI is InChI=1S/C12H18ClNOS/c1-12(14,9-15)7-4-8-16-11-6-3-2-5-10(11)13/h2-3,5-6,15H,4,7-9,14H2,1H3. The zero-order chi connectivity index (χ0) is 12.0. The Morgan fingerprint density at radius 2 is 2.12 bits per heavy atom. The lowest BCUT2D eigenvalue weighted by molar-refractivity contribution is 0.200. The molecule has 0 saturated carbocycles. The predicted octanol–water partition coefficient (Wildman–Crippen LogP) is 2.92. The van der Waals surface area contributed by atoms with Crippen LogP contribution in [0, 0.1) is 0 Å². The number of thioether (sulfide) groups is 1. The van der Waals surface area contributed by atoms with Crippen molar-refractivity contribution in [1.29, 1.82) is 0 Å². The molecule has 0 spiro atoms. The van der Waals surface area contributed by atoms with E-state index in [9.17, 15) is 0 Å². The summed E-state index contributed by atoms with van der Waals surface area (Å²) in [4.78, 5) is 1.10. The molecule has 0 aromatic heterocycles. The number of aliphatic hydroxyl groups is 1. The van der Waals surface area contributed by atoms with Gasteiger partial charge in [-0.1, -0.05) is 23.7 Å². The molecule has 2 nitrogen and oxygen atoms in total. The number of halogens is 1. The van der Waals surface area contributed by atoms with Crippen molar-refractivity contribution in [3.05, 3.63) is 29.3 Å². The minimum Gasteiger partial charge on any atom is -0.394 e. The third-order valence-electron chi connectivity index (χ3n) is 2.35. The maximum absolute atomic E-state index is 9.00. The average molecular weight is 260 g/mol. The van der Waals surface area contributed by atoms with Crippen LogP contribution in [0.2, 0.25) is 5.02 Å². The summed E-state index contributed by atoms with van der Waals surface area (Å²) in [6.45, 7) is 1.90. The molecular formula is C12H18ClNOS. The van der Waals surface area contributed by atoms with E-state index in [2.05, 4.69) is 0 Å². The van der Waals surface area contributed by atoms with Gasteiger partial charge in [0.15, 0.2) is 0 Å². The molecule has 1 aromatic rings. The first kappa shape index (κ1) is 13.8. The molecule has 0 saturated heterocycles. The third-order valence-corrected chi connectivity index (χ3v) is 3.95. The normalized spacial score (nSPS) is 14.8. The van der Waals surface area contributed by atoms with Gasteiger partial charge in [-0.15, -0.1) is 11.8 Å². The minimum atomic E-state index is -0.457. The molecule has 3 N–H and O–H groups in total. The molecule has 0 amide bonds. The Morgan fingerprint density at radius 3 is 2.75 bits per heavy atom. The van der Waals surface area contributed by atoms with Crippen LogP contribution in [-0.4, -0.2) is 23.0 Å². The molecule has 1 aromatic carbocycles. The second-order valence-corrected chi connectivity index (χ2v) is 5.74. The molecule has 16 heavy (non-hydrogen) atoms. The smallest absolute Gasteiger partial charge is 0.0608 e. The Morgan fingerprint density at radius 1 is 1.44 bits per heavy atom. The summed E-state index contributed by atoms with van der Waals surface area (Å²) in [5.41, 5.74) is 5.38. The molecule has 4 heteroatoms. The van der Waals surface area contributed by atoms with Crippen molar-refractivity contribution in [2.24, 2.45) is 5.73 Å².